The van der Waals surface area contributed by atoms with Gasteiger partial charge in [0.15, 0.2) is 0 Å². The zero-order valence-corrected chi connectivity index (χ0v) is 14.3. The molecule has 0 amide bonds. The summed E-state index contributed by atoms with van der Waals surface area (Å²) in [5, 5.41) is 0. The molecule has 0 saturated heterocycles. The third kappa shape index (κ3) is 4.40. The highest BCUT2D eigenvalue weighted by Crippen LogP contribution is 2.22. The third-order valence-electron chi connectivity index (χ3n) is 3.20. The molecular weight excluding hydrogens is 352 g/mol. The molecule has 0 bridgehead atoms. The van der Waals surface area contributed by atoms with Crippen molar-refractivity contribution in [1.29, 1.82) is 0 Å². The molecule has 0 radical (unpaired) electrons. The van der Waals surface area contributed by atoms with Gasteiger partial charge in [0, 0.05) is 10.4 Å². The highest BCUT2D eigenvalue weighted by atomic mass is 79.9. The molecular formula is C16H17BrO3S. The van der Waals surface area contributed by atoms with Gasteiger partial charge in [0.25, 0.3) is 10.1 Å². The minimum absolute atomic E-state index is 0.0114. The first-order valence-electron chi connectivity index (χ1n) is 6.60. The van der Waals surface area contributed by atoms with Gasteiger partial charge in [-0.05, 0) is 36.8 Å². The average Bonchev–Trinajstić information content (AvgIpc) is 2.45. The Morgan fingerprint density at radius 1 is 1.14 bits per heavy atom. The summed E-state index contributed by atoms with van der Waals surface area (Å²) in [4.78, 5) is 0.189. The zero-order valence-electron chi connectivity index (χ0n) is 11.9. The van der Waals surface area contributed by atoms with Crippen molar-refractivity contribution in [2.75, 3.05) is 6.61 Å². The van der Waals surface area contributed by atoms with Crippen LogP contribution in [-0.4, -0.2) is 15.0 Å². The van der Waals surface area contributed by atoms with E-state index in [1.54, 1.807) is 24.3 Å². The van der Waals surface area contributed by atoms with Gasteiger partial charge in [-0.25, -0.2) is 0 Å². The van der Waals surface area contributed by atoms with E-state index >= 15 is 0 Å². The van der Waals surface area contributed by atoms with Gasteiger partial charge in [-0.2, -0.15) is 8.42 Å². The van der Waals surface area contributed by atoms with Crippen molar-refractivity contribution in [3.05, 3.63) is 64.1 Å². The summed E-state index contributed by atoms with van der Waals surface area (Å²) in [6, 6.07) is 14.4. The Kier molecular flexibility index (Phi) is 5.19. The van der Waals surface area contributed by atoms with E-state index in [-0.39, 0.29) is 17.4 Å². The molecule has 0 aromatic heterocycles. The second-order valence-electron chi connectivity index (χ2n) is 5.01. The Morgan fingerprint density at radius 3 is 2.43 bits per heavy atom. The lowest BCUT2D eigenvalue weighted by Gasteiger charge is -2.13. The summed E-state index contributed by atoms with van der Waals surface area (Å²) < 4.78 is 30.4. The Bertz CT molecular complexity index is 709. The van der Waals surface area contributed by atoms with Crippen LogP contribution in [0, 0.1) is 6.92 Å². The Morgan fingerprint density at radius 2 is 1.81 bits per heavy atom. The third-order valence-corrected chi connectivity index (χ3v) is 4.99. The maximum atomic E-state index is 12.1. The van der Waals surface area contributed by atoms with Gasteiger partial charge in [0.1, 0.15) is 0 Å². The molecule has 0 fully saturated rings. The standard InChI is InChI=1S/C16H17BrO3S/c1-12-6-8-16(9-7-12)21(18,19)20-11-13(2)14-4-3-5-15(17)10-14/h3-10,13H,11H2,1-2H3. The molecule has 1 atom stereocenters. The lowest BCUT2D eigenvalue weighted by Crippen LogP contribution is -2.12. The largest absolute Gasteiger partial charge is 0.296 e. The van der Waals surface area contributed by atoms with Crippen molar-refractivity contribution in [1.82, 2.24) is 0 Å². The molecule has 2 rings (SSSR count). The van der Waals surface area contributed by atoms with Crippen LogP contribution in [0.4, 0.5) is 0 Å². The molecule has 0 heterocycles. The van der Waals surface area contributed by atoms with Crippen molar-refractivity contribution >= 4 is 26.0 Å². The SMILES string of the molecule is Cc1ccc(S(=O)(=O)OCC(C)c2cccc(Br)c2)cc1. The van der Waals surface area contributed by atoms with E-state index in [2.05, 4.69) is 15.9 Å². The molecule has 3 nitrogen and oxygen atoms in total. The van der Waals surface area contributed by atoms with Crippen molar-refractivity contribution in [3.8, 4) is 0 Å². The van der Waals surface area contributed by atoms with Crippen LogP contribution in [0.5, 0.6) is 0 Å². The van der Waals surface area contributed by atoms with Crippen LogP contribution >= 0.6 is 15.9 Å². The smallest absolute Gasteiger partial charge is 0.266 e. The van der Waals surface area contributed by atoms with Gasteiger partial charge in [-0.1, -0.05) is 52.7 Å². The molecule has 112 valence electrons. The summed E-state index contributed by atoms with van der Waals surface area (Å²) in [6.07, 6.45) is 0. The zero-order chi connectivity index (χ0) is 15.5. The van der Waals surface area contributed by atoms with Crippen molar-refractivity contribution in [3.63, 3.8) is 0 Å². The summed E-state index contributed by atoms with van der Waals surface area (Å²) in [5.41, 5.74) is 2.04. The van der Waals surface area contributed by atoms with Crippen molar-refractivity contribution < 1.29 is 12.6 Å². The summed E-state index contributed by atoms with van der Waals surface area (Å²) in [5.74, 6) is -0.0114. The summed E-state index contributed by atoms with van der Waals surface area (Å²) >= 11 is 3.41. The second kappa shape index (κ2) is 6.73. The maximum absolute atomic E-state index is 12.1. The molecule has 2 aromatic rings. The van der Waals surface area contributed by atoms with Crippen molar-refractivity contribution in [2.24, 2.45) is 0 Å². The second-order valence-corrected chi connectivity index (χ2v) is 7.54. The lowest BCUT2D eigenvalue weighted by molar-refractivity contribution is 0.298. The number of hydrogen-bond donors (Lipinski definition) is 0. The Hall–Kier alpha value is -1.17. The van der Waals surface area contributed by atoms with E-state index in [0.717, 1.165) is 15.6 Å². The molecule has 0 aliphatic heterocycles. The average molecular weight is 369 g/mol. The first-order valence-corrected chi connectivity index (χ1v) is 8.80. The van der Waals surface area contributed by atoms with Crippen LogP contribution in [-0.2, 0) is 14.3 Å². The van der Waals surface area contributed by atoms with E-state index in [1.807, 2.05) is 38.1 Å². The van der Waals surface area contributed by atoms with E-state index in [9.17, 15) is 8.42 Å². The number of rotatable bonds is 5. The Balaban J connectivity index is 2.06. The fraction of sp³-hybridized carbons (Fsp3) is 0.250. The predicted octanol–water partition coefficient (Wildman–Crippen LogP) is 4.27. The van der Waals surface area contributed by atoms with Gasteiger partial charge in [-0.15, -0.1) is 0 Å². The fourth-order valence-electron chi connectivity index (χ4n) is 1.87. The molecule has 0 spiro atoms. The normalized spacial score (nSPS) is 13.1. The van der Waals surface area contributed by atoms with E-state index in [0.29, 0.717) is 0 Å². The molecule has 5 heteroatoms. The van der Waals surface area contributed by atoms with Gasteiger partial charge in [0.2, 0.25) is 0 Å². The van der Waals surface area contributed by atoms with E-state index < -0.39 is 10.1 Å². The summed E-state index contributed by atoms with van der Waals surface area (Å²) in [6.45, 7) is 3.96. The Labute approximate surface area is 134 Å². The van der Waals surface area contributed by atoms with Crippen LogP contribution in [0.25, 0.3) is 0 Å². The number of benzene rings is 2. The van der Waals surface area contributed by atoms with Crippen LogP contribution in [0.2, 0.25) is 0 Å². The topological polar surface area (TPSA) is 43.4 Å². The first kappa shape index (κ1) is 16.2. The highest BCUT2D eigenvalue weighted by Gasteiger charge is 2.17. The minimum Gasteiger partial charge on any atom is -0.266 e. The molecule has 1 unspecified atom stereocenters. The lowest BCUT2D eigenvalue weighted by atomic mass is 10.0. The van der Waals surface area contributed by atoms with Gasteiger partial charge >= 0.3 is 0 Å². The predicted molar refractivity (Wildman–Crippen MR) is 86.9 cm³/mol. The van der Waals surface area contributed by atoms with Gasteiger partial charge < -0.3 is 0 Å². The number of aryl methyl sites for hydroxylation is 1. The first-order chi connectivity index (χ1) is 9.88. The fourth-order valence-corrected chi connectivity index (χ4v) is 3.28. The van der Waals surface area contributed by atoms with Gasteiger partial charge in [0.05, 0.1) is 11.5 Å². The monoisotopic (exact) mass is 368 g/mol. The van der Waals surface area contributed by atoms with Crippen LogP contribution in [0.1, 0.15) is 24.0 Å². The molecule has 2 aromatic carbocycles. The molecule has 0 N–H and O–H groups in total. The maximum Gasteiger partial charge on any atom is 0.296 e. The van der Waals surface area contributed by atoms with E-state index in [1.165, 1.54) is 0 Å². The molecule has 0 saturated carbocycles. The molecule has 0 aliphatic rings. The highest BCUT2D eigenvalue weighted by molar-refractivity contribution is 9.10. The molecule has 21 heavy (non-hydrogen) atoms. The van der Waals surface area contributed by atoms with Crippen LogP contribution in [0.3, 0.4) is 0 Å². The van der Waals surface area contributed by atoms with Gasteiger partial charge in [-0.3, -0.25) is 4.18 Å². The van der Waals surface area contributed by atoms with Crippen LogP contribution in [0.15, 0.2) is 57.9 Å². The summed E-state index contributed by atoms with van der Waals surface area (Å²) in [7, 11) is -3.70. The number of hydrogen-bond acceptors (Lipinski definition) is 3. The number of halogens is 1. The quantitative estimate of drug-likeness (QED) is 0.740. The van der Waals surface area contributed by atoms with Crippen molar-refractivity contribution in [2.45, 2.75) is 24.7 Å². The minimum atomic E-state index is -3.70. The van der Waals surface area contributed by atoms with E-state index in [4.69, 9.17) is 4.18 Å². The molecule has 0 aliphatic carbocycles. The van der Waals surface area contributed by atoms with Crippen LogP contribution < -0.4 is 0 Å².